The fourth-order valence-corrected chi connectivity index (χ4v) is 4.47. The van der Waals surface area contributed by atoms with E-state index in [1.54, 1.807) is 13.8 Å². The molecule has 0 aromatic heterocycles. The zero-order valence-corrected chi connectivity index (χ0v) is 18.2. The third-order valence-corrected chi connectivity index (χ3v) is 6.30. The zero-order chi connectivity index (χ0) is 22.8. The lowest BCUT2D eigenvalue weighted by molar-refractivity contribution is -0.165. The van der Waals surface area contributed by atoms with Gasteiger partial charge in [0.05, 0.1) is 12.3 Å². The van der Waals surface area contributed by atoms with E-state index in [1.807, 2.05) is 36.4 Å². The standard InChI is InChI=1S/C26H26O6/c1-15(2)20(26(30)32-25-22(27)11-12-23(25)28)13-24(29)31-14-21-18-9-5-3-7-16(18)17-8-4-6-10-19(17)21/h3-10,15,20-21,25H,11-14H2,1-2H3/t20-/m0/s1. The fourth-order valence-electron chi connectivity index (χ4n) is 4.47. The van der Waals surface area contributed by atoms with Crippen LogP contribution in [0.3, 0.4) is 0 Å². The third kappa shape index (κ3) is 4.22. The first-order valence-corrected chi connectivity index (χ1v) is 11.0. The summed E-state index contributed by atoms with van der Waals surface area (Å²) in [6.07, 6.45) is -1.31. The number of rotatable bonds is 7. The summed E-state index contributed by atoms with van der Waals surface area (Å²) < 4.78 is 10.8. The van der Waals surface area contributed by atoms with E-state index in [-0.39, 0.29) is 49.3 Å². The second-order valence-corrected chi connectivity index (χ2v) is 8.71. The van der Waals surface area contributed by atoms with Crippen LogP contribution in [0.15, 0.2) is 48.5 Å². The highest BCUT2D eigenvalue weighted by Gasteiger charge is 2.39. The van der Waals surface area contributed by atoms with Crippen LogP contribution >= 0.6 is 0 Å². The Hall–Kier alpha value is -3.28. The molecule has 0 heterocycles. The van der Waals surface area contributed by atoms with E-state index in [0.29, 0.717) is 0 Å². The minimum Gasteiger partial charge on any atom is -0.465 e. The molecule has 1 fully saturated rings. The maximum absolute atomic E-state index is 12.6. The molecule has 0 amide bonds. The SMILES string of the molecule is CC(C)[C@H](CC(=O)OCC1c2ccccc2-c2ccccc21)C(=O)OC1C(=O)CCC1=O. The summed E-state index contributed by atoms with van der Waals surface area (Å²) in [6, 6.07) is 16.1. The highest BCUT2D eigenvalue weighted by Crippen LogP contribution is 2.44. The molecule has 6 nitrogen and oxygen atoms in total. The minimum atomic E-state index is -1.33. The lowest BCUT2D eigenvalue weighted by Crippen LogP contribution is -2.34. The van der Waals surface area contributed by atoms with Crippen LogP contribution in [0.2, 0.25) is 0 Å². The van der Waals surface area contributed by atoms with Gasteiger partial charge in [-0.2, -0.15) is 0 Å². The first-order valence-electron chi connectivity index (χ1n) is 11.0. The van der Waals surface area contributed by atoms with Crippen molar-refractivity contribution in [2.24, 2.45) is 11.8 Å². The molecule has 0 radical (unpaired) electrons. The largest absolute Gasteiger partial charge is 0.465 e. The lowest BCUT2D eigenvalue weighted by atomic mass is 9.92. The molecule has 2 aliphatic rings. The number of carbonyl (C=O) groups is 4. The normalized spacial score (nSPS) is 16.7. The van der Waals surface area contributed by atoms with E-state index in [1.165, 1.54) is 0 Å². The molecule has 0 spiro atoms. The Balaban J connectivity index is 1.41. The summed E-state index contributed by atoms with van der Waals surface area (Å²) in [5.41, 5.74) is 4.50. The number of ether oxygens (including phenoxy) is 2. The van der Waals surface area contributed by atoms with E-state index < -0.39 is 24.0 Å². The van der Waals surface area contributed by atoms with Crippen molar-refractivity contribution < 1.29 is 28.7 Å². The minimum absolute atomic E-state index is 0.0652. The van der Waals surface area contributed by atoms with Gasteiger partial charge in [-0.25, -0.2) is 0 Å². The van der Waals surface area contributed by atoms with Gasteiger partial charge in [0.25, 0.3) is 0 Å². The number of carbonyl (C=O) groups excluding carboxylic acids is 4. The number of esters is 2. The van der Waals surface area contributed by atoms with Gasteiger partial charge in [-0.3, -0.25) is 19.2 Å². The number of benzene rings is 2. The van der Waals surface area contributed by atoms with Crippen LogP contribution in [-0.2, 0) is 28.7 Å². The molecule has 166 valence electrons. The van der Waals surface area contributed by atoms with Gasteiger partial charge < -0.3 is 9.47 Å². The van der Waals surface area contributed by atoms with Crippen molar-refractivity contribution in [2.75, 3.05) is 6.61 Å². The molecule has 0 saturated heterocycles. The van der Waals surface area contributed by atoms with Gasteiger partial charge in [-0.1, -0.05) is 62.4 Å². The zero-order valence-electron chi connectivity index (χ0n) is 18.2. The number of hydrogen-bond donors (Lipinski definition) is 0. The monoisotopic (exact) mass is 434 g/mol. The maximum atomic E-state index is 12.6. The topological polar surface area (TPSA) is 86.7 Å². The van der Waals surface area contributed by atoms with Gasteiger partial charge >= 0.3 is 11.9 Å². The van der Waals surface area contributed by atoms with Gasteiger partial charge in [-0.05, 0) is 28.2 Å². The summed E-state index contributed by atoms with van der Waals surface area (Å²) in [7, 11) is 0. The van der Waals surface area contributed by atoms with Crippen LogP contribution in [0.1, 0.15) is 50.2 Å². The summed E-state index contributed by atoms with van der Waals surface area (Å²) in [4.78, 5) is 48.9. The first kappa shape index (κ1) is 21.9. The Morgan fingerprint density at radius 1 is 0.906 bits per heavy atom. The van der Waals surface area contributed by atoms with Crippen LogP contribution in [0.4, 0.5) is 0 Å². The van der Waals surface area contributed by atoms with Crippen LogP contribution < -0.4 is 0 Å². The Bertz CT molecular complexity index is 1010. The van der Waals surface area contributed by atoms with E-state index in [2.05, 4.69) is 12.1 Å². The molecule has 4 rings (SSSR count). The molecular formula is C26H26O6. The molecule has 2 aromatic carbocycles. The van der Waals surface area contributed by atoms with Crippen LogP contribution in [0, 0.1) is 11.8 Å². The summed E-state index contributed by atoms with van der Waals surface area (Å²) in [6.45, 7) is 3.76. The van der Waals surface area contributed by atoms with Crippen molar-refractivity contribution in [3.05, 3.63) is 59.7 Å². The van der Waals surface area contributed by atoms with Crippen molar-refractivity contribution in [3.63, 3.8) is 0 Å². The Labute approximate surface area is 186 Å². The maximum Gasteiger partial charge on any atom is 0.310 e. The molecule has 0 bridgehead atoms. The molecule has 1 atom stereocenters. The van der Waals surface area contributed by atoms with Crippen molar-refractivity contribution >= 4 is 23.5 Å². The van der Waals surface area contributed by atoms with Gasteiger partial charge in [0, 0.05) is 18.8 Å². The first-order chi connectivity index (χ1) is 15.4. The Morgan fingerprint density at radius 3 is 1.97 bits per heavy atom. The van der Waals surface area contributed by atoms with Crippen molar-refractivity contribution in [2.45, 2.75) is 45.1 Å². The van der Waals surface area contributed by atoms with Gasteiger partial charge in [0.1, 0.15) is 6.61 Å². The van der Waals surface area contributed by atoms with E-state index in [9.17, 15) is 19.2 Å². The van der Waals surface area contributed by atoms with Crippen LogP contribution in [-0.4, -0.2) is 36.2 Å². The number of hydrogen-bond acceptors (Lipinski definition) is 6. The van der Waals surface area contributed by atoms with Crippen LogP contribution in [0.5, 0.6) is 0 Å². The molecule has 0 N–H and O–H groups in total. The lowest BCUT2D eigenvalue weighted by Gasteiger charge is -2.21. The second-order valence-electron chi connectivity index (χ2n) is 8.71. The molecule has 2 aliphatic carbocycles. The molecule has 6 heteroatoms. The average molecular weight is 434 g/mol. The summed E-state index contributed by atoms with van der Waals surface area (Å²) >= 11 is 0. The van der Waals surface area contributed by atoms with Gasteiger partial charge in [-0.15, -0.1) is 0 Å². The fraction of sp³-hybridized carbons (Fsp3) is 0.385. The molecule has 32 heavy (non-hydrogen) atoms. The quantitative estimate of drug-likeness (QED) is 0.486. The number of Topliss-reactive ketones (excluding diaryl/α,β-unsaturated/α-hetero) is 2. The van der Waals surface area contributed by atoms with Crippen molar-refractivity contribution in [1.82, 2.24) is 0 Å². The molecule has 0 unspecified atom stereocenters. The Morgan fingerprint density at radius 2 is 1.44 bits per heavy atom. The highest BCUT2D eigenvalue weighted by atomic mass is 16.6. The van der Waals surface area contributed by atoms with Crippen LogP contribution in [0.25, 0.3) is 11.1 Å². The van der Waals surface area contributed by atoms with E-state index in [0.717, 1.165) is 22.3 Å². The molecular weight excluding hydrogens is 408 g/mol. The summed E-state index contributed by atoms with van der Waals surface area (Å²) in [5.74, 6) is -3.04. The van der Waals surface area contributed by atoms with Gasteiger partial charge in [0.15, 0.2) is 11.6 Å². The van der Waals surface area contributed by atoms with Crippen molar-refractivity contribution in [3.8, 4) is 11.1 Å². The predicted molar refractivity (Wildman–Crippen MR) is 117 cm³/mol. The molecule has 2 aromatic rings. The predicted octanol–water partition coefficient (Wildman–Crippen LogP) is 3.85. The Kier molecular flexibility index (Phi) is 6.21. The molecule has 0 aliphatic heterocycles. The number of ketones is 2. The highest BCUT2D eigenvalue weighted by molar-refractivity contribution is 6.12. The second kappa shape index (κ2) is 9.07. The molecule has 1 saturated carbocycles. The van der Waals surface area contributed by atoms with Gasteiger partial charge in [0.2, 0.25) is 6.10 Å². The average Bonchev–Trinajstić information content (AvgIpc) is 3.27. The van der Waals surface area contributed by atoms with E-state index in [4.69, 9.17) is 9.47 Å². The summed E-state index contributed by atoms with van der Waals surface area (Å²) in [5, 5.41) is 0. The number of fused-ring (bicyclic) bond motifs is 3. The smallest absolute Gasteiger partial charge is 0.310 e. The van der Waals surface area contributed by atoms with E-state index >= 15 is 0 Å². The van der Waals surface area contributed by atoms with Crippen molar-refractivity contribution in [1.29, 1.82) is 0 Å². The third-order valence-electron chi connectivity index (χ3n) is 6.30.